The maximum atomic E-state index is 12.2. The minimum Gasteiger partial charge on any atom is -0.472 e. The van der Waals surface area contributed by atoms with E-state index in [1.54, 1.807) is 21.9 Å². The maximum Gasteiger partial charge on any atom is 0.260 e. The summed E-state index contributed by atoms with van der Waals surface area (Å²) in [6.07, 6.45) is 0. The van der Waals surface area contributed by atoms with Crippen LogP contribution in [0.3, 0.4) is 0 Å². The third-order valence-electron chi connectivity index (χ3n) is 3.63. The van der Waals surface area contributed by atoms with Gasteiger partial charge in [0.15, 0.2) is 13.5 Å². The first-order valence-corrected chi connectivity index (χ1v) is 6.67. The van der Waals surface area contributed by atoms with Gasteiger partial charge in [-0.2, -0.15) is 0 Å². The Bertz CT molecular complexity index is 533. The highest BCUT2D eigenvalue weighted by atomic mass is 16.5. The molecule has 0 bridgehead atoms. The Labute approximate surface area is 116 Å². The van der Waals surface area contributed by atoms with E-state index in [1.165, 1.54) is 0 Å². The predicted molar refractivity (Wildman–Crippen MR) is 70.9 cm³/mol. The smallest absolute Gasteiger partial charge is 0.260 e. The van der Waals surface area contributed by atoms with Crippen molar-refractivity contribution in [2.45, 2.75) is 13.8 Å². The van der Waals surface area contributed by atoms with Crippen molar-refractivity contribution < 1.29 is 19.1 Å². The first kappa shape index (κ1) is 12.8. The van der Waals surface area contributed by atoms with Crippen LogP contribution in [0.5, 0.6) is 11.5 Å². The molecule has 0 radical (unpaired) electrons. The summed E-state index contributed by atoms with van der Waals surface area (Å²) in [7, 11) is 0. The second-order valence-electron chi connectivity index (χ2n) is 4.71. The molecule has 1 aromatic rings. The van der Waals surface area contributed by atoms with Crippen molar-refractivity contribution in [3.05, 3.63) is 23.3 Å². The lowest BCUT2D eigenvalue weighted by Gasteiger charge is -2.31. The van der Waals surface area contributed by atoms with Crippen LogP contribution in [-0.2, 0) is 0 Å². The predicted octanol–water partition coefficient (Wildman–Crippen LogP) is 1.31. The number of benzene rings is 1. The van der Waals surface area contributed by atoms with E-state index in [1.807, 2.05) is 13.8 Å². The largest absolute Gasteiger partial charge is 0.472 e. The Morgan fingerprint density at radius 3 is 1.65 bits per heavy atom. The molecule has 6 nitrogen and oxygen atoms in total. The number of carbonyl (C=O) groups is 2. The molecule has 0 aliphatic carbocycles. The molecular weight excluding hydrogens is 260 g/mol. The minimum atomic E-state index is -0.0921. The van der Waals surface area contributed by atoms with Crippen molar-refractivity contribution in [1.82, 2.24) is 9.80 Å². The summed E-state index contributed by atoms with van der Waals surface area (Å²) in [5, 5.41) is 0. The molecule has 0 spiro atoms. The van der Waals surface area contributed by atoms with Gasteiger partial charge in [-0.05, 0) is 26.0 Å². The van der Waals surface area contributed by atoms with Gasteiger partial charge in [-0.1, -0.05) is 0 Å². The van der Waals surface area contributed by atoms with Crippen molar-refractivity contribution >= 4 is 11.8 Å². The number of carbonyl (C=O) groups excluding carboxylic acids is 2. The normalized spacial score (nSPS) is 17.3. The van der Waals surface area contributed by atoms with Gasteiger partial charge in [0.1, 0.15) is 11.5 Å². The van der Waals surface area contributed by atoms with Crippen LogP contribution in [-0.4, -0.2) is 48.2 Å². The number of nitrogens with zero attached hydrogens (tertiary/aromatic N) is 2. The first-order valence-electron chi connectivity index (χ1n) is 6.67. The lowest BCUT2D eigenvalue weighted by Crippen LogP contribution is -2.40. The zero-order valence-corrected chi connectivity index (χ0v) is 11.5. The van der Waals surface area contributed by atoms with Gasteiger partial charge in [0.2, 0.25) is 0 Å². The molecule has 0 fully saturated rings. The molecule has 2 heterocycles. The van der Waals surface area contributed by atoms with Gasteiger partial charge < -0.3 is 19.3 Å². The van der Waals surface area contributed by atoms with E-state index in [-0.39, 0.29) is 25.3 Å². The van der Waals surface area contributed by atoms with Crippen molar-refractivity contribution in [3.63, 3.8) is 0 Å². The van der Waals surface area contributed by atoms with Crippen molar-refractivity contribution in [2.24, 2.45) is 0 Å². The highest BCUT2D eigenvalue weighted by Crippen LogP contribution is 2.34. The lowest BCUT2D eigenvalue weighted by molar-refractivity contribution is 0.0495. The van der Waals surface area contributed by atoms with E-state index in [4.69, 9.17) is 9.47 Å². The third-order valence-corrected chi connectivity index (χ3v) is 3.63. The van der Waals surface area contributed by atoms with Crippen LogP contribution in [0, 0.1) is 0 Å². The summed E-state index contributed by atoms with van der Waals surface area (Å²) in [6, 6.07) is 3.22. The van der Waals surface area contributed by atoms with Gasteiger partial charge in [-0.3, -0.25) is 9.59 Å². The molecule has 3 rings (SSSR count). The fraction of sp³-hybridized carbons (Fsp3) is 0.429. The van der Waals surface area contributed by atoms with Gasteiger partial charge in [-0.25, -0.2) is 0 Å². The van der Waals surface area contributed by atoms with Crippen LogP contribution in [0.2, 0.25) is 0 Å². The van der Waals surface area contributed by atoms with Gasteiger partial charge >= 0.3 is 0 Å². The Morgan fingerprint density at radius 2 is 1.30 bits per heavy atom. The molecule has 2 amide bonds. The quantitative estimate of drug-likeness (QED) is 0.817. The molecule has 0 aromatic heterocycles. The molecule has 106 valence electrons. The summed E-state index contributed by atoms with van der Waals surface area (Å²) in [4.78, 5) is 27.7. The maximum absolute atomic E-state index is 12.2. The van der Waals surface area contributed by atoms with E-state index < -0.39 is 0 Å². The number of rotatable bonds is 2. The average molecular weight is 276 g/mol. The fourth-order valence-corrected chi connectivity index (χ4v) is 2.36. The summed E-state index contributed by atoms with van der Waals surface area (Å²) in [5.41, 5.74) is 0.907. The van der Waals surface area contributed by atoms with Crippen LogP contribution >= 0.6 is 0 Å². The Kier molecular flexibility index (Phi) is 3.00. The van der Waals surface area contributed by atoms with E-state index >= 15 is 0 Å². The zero-order valence-electron chi connectivity index (χ0n) is 11.5. The van der Waals surface area contributed by atoms with Crippen LogP contribution in [0.25, 0.3) is 0 Å². The average Bonchev–Trinajstić information content (AvgIpc) is 2.47. The Balaban J connectivity index is 2.04. The highest BCUT2D eigenvalue weighted by Gasteiger charge is 2.31. The standard InChI is InChI=1S/C14H16N2O4/c1-3-15-7-19-11-6-10-12(5-9(11)13(15)17)20-8-16(4-2)14(10)18/h5-6H,3-4,7-8H2,1-2H3. The van der Waals surface area contributed by atoms with Gasteiger partial charge in [0, 0.05) is 13.1 Å². The molecule has 2 aliphatic rings. The molecule has 0 saturated heterocycles. The molecule has 0 atom stereocenters. The summed E-state index contributed by atoms with van der Waals surface area (Å²) >= 11 is 0. The van der Waals surface area contributed by atoms with Crippen LogP contribution in [0.1, 0.15) is 34.6 Å². The van der Waals surface area contributed by atoms with Gasteiger partial charge in [0.05, 0.1) is 11.1 Å². The van der Waals surface area contributed by atoms with E-state index in [0.29, 0.717) is 35.7 Å². The molecular formula is C14H16N2O4. The number of hydrogen-bond acceptors (Lipinski definition) is 4. The molecule has 6 heteroatoms. The number of ether oxygens (including phenoxy) is 2. The van der Waals surface area contributed by atoms with Crippen molar-refractivity contribution in [3.8, 4) is 11.5 Å². The van der Waals surface area contributed by atoms with Crippen LogP contribution < -0.4 is 9.47 Å². The van der Waals surface area contributed by atoms with Crippen LogP contribution in [0.4, 0.5) is 0 Å². The van der Waals surface area contributed by atoms with Crippen molar-refractivity contribution in [1.29, 1.82) is 0 Å². The molecule has 0 unspecified atom stereocenters. The SMILES string of the molecule is CCN1COc2cc3c(cc2C1=O)OCN(CC)C3=O. The van der Waals surface area contributed by atoms with E-state index in [0.717, 1.165) is 0 Å². The van der Waals surface area contributed by atoms with Gasteiger partial charge in [-0.15, -0.1) is 0 Å². The number of amides is 2. The fourth-order valence-electron chi connectivity index (χ4n) is 2.36. The second kappa shape index (κ2) is 4.70. The van der Waals surface area contributed by atoms with E-state index in [2.05, 4.69) is 0 Å². The number of hydrogen-bond donors (Lipinski definition) is 0. The Morgan fingerprint density at radius 1 is 0.900 bits per heavy atom. The molecule has 2 aliphatic heterocycles. The lowest BCUT2D eigenvalue weighted by atomic mass is 10.0. The summed E-state index contributed by atoms with van der Waals surface area (Å²) in [5.74, 6) is 0.720. The Hall–Kier alpha value is -2.24. The first-order chi connectivity index (χ1) is 9.65. The molecule has 0 N–H and O–H groups in total. The minimum absolute atomic E-state index is 0.0921. The summed E-state index contributed by atoms with van der Waals surface area (Å²) in [6.45, 7) is 5.38. The topological polar surface area (TPSA) is 59.1 Å². The van der Waals surface area contributed by atoms with Crippen molar-refractivity contribution in [2.75, 3.05) is 26.6 Å². The monoisotopic (exact) mass is 276 g/mol. The zero-order chi connectivity index (χ0) is 14.3. The third kappa shape index (κ3) is 1.79. The number of fused-ring (bicyclic) bond motifs is 2. The van der Waals surface area contributed by atoms with Crippen LogP contribution in [0.15, 0.2) is 12.1 Å². The molecule has 20 heavy (non-hydrogen) atoms. The molecule has 0 saturated carbocycles. The second-order valence-corrected chi connectivity index (χ2v) is 4.71. The van der Waals surface area contributed by atoms with E-state index in [9.17, 15) is 9.59 Å². The van der Waals surface area contributed by atoms with Gasteiger partial charge in [0.25, 0.3) is 11.8 Å². The highest BCUT2D eigenvalue weighted by molar-refractivity contribution is 6.03. The molecule has 1 aromatic carbocycles. The summed E-state index contributed by atoms with van der Waals surface area (Å²) < 4.78 is 11.1.